The molecule has 1 aromatic carbocycles. The minimum absolute atomic E-state index is 0.158. The molecule has 1 atom stereocenters. The quantitative estimate of drug-likeness (QED) is 0.777. The maximum atomic E-state index is 12.8. The van der Waals surface area contributed by atoms with Crippen molar-refractivity contribution in [3.8, 4) is 11.5 Å². The Hall–Kier alpha value is -2.24. The summed E-state index contributed by atoms with van der Waals surface area (Å²) in [5.41, 5.74) is 0.441. The Morgan fingerprint density at radius 1 is 1.26 bits per heavy atom. The summed E-state index contributed by atoms with van der Waals surface area (Å²) >= 11 is 0. The molecule has 23 heavy (non-hydrogen) atoms. The number of carbonyl (C=O) groups excluding carboxylic acids is 2. The van der Waals surface area contributed by atoms with E-state index in [4.69, 9.17) is 14.2 Å². The zero-order valence-corrected chi connectivity index (χ0v) is 13.8. The molecule has 6 nitrogen and oxygen atoms in total. The van der Waals surface area contributed by atoms with Crippen LogP contribution in [0.25, 0.3) is 0 Å². The molecule has 1 heterocycles. The first-order valence-electron chi connectivity index (χ1n) is 7.78. The van der Waals surface area contributed by atoms with Crippen LogP contribution in [0.15, 0.2) is 18.2 Å². The first kappa shape index (κ1) is 17.1. The van der Waals surface area contributed by atoms with Gasteiger partial charge in [0, 0.05) is 13.1 Å². The van der Waals surface area contributed by atoms with Crippen LogP contribution in [0.2, 0.25) is 0 Å². The number of piperidine rings is 1. The normalized spacial score (nSPS) is 17.5. The lowest BCUT2D eigenvalue weighted by atomic mass is 9.97. The summed E-state index contributed by atoms with van der Waals surface area (Å²) in [6.07, 6.45) is 1.53. The molecule has 126 valence electrons. The van der Waals surface area contributed by atoms with Gasteiger partial charge in [0.25, 0.3) is 5.91 Å². The van der Waals surface area contributed by atoms with Crippen molar-refractivity contribution in [2.24, 2.45) is 5.92 Å². The molecule has 1 fully saturated rings. The van der Waals surface area contributed by atoms with Gasteiger partial charge in [0.2, 0.25) is 0 Å². The van der Waals surface area contributed by atoms with Crippen LogP contribution in [0.1, 0.15) is 30.1 Å². The molecule has 0 saturated carbocycles. The maximum absolute atomic E-state index is 12.8. The Kier molecular flexibility index (Phi) is 5.84. The van der Waals surface area contributed by atoms with Crippen LogP contribution in [0.4, 0.5) is 0 Å². The second-order valence-electron chi connectivity index (χ2n) is 5.41. The average Bonchev–Trinajstić information content (AvgIpc) is 2.60. The van der Waals surface area contributed by atoms with Crippen LogP contribution in [0.3, 0.4) is 0 Å². The van der Waals surface area contributed by atoms with Crippen molar-refractivity contribution < 1.29 is 23.8 Å². The van der Waals surface area contributed by atoms with Gasteiger partial charge in [0.1, 0.15) is 11.5 Å². The molecule has 1 aliphatic rings. The highest BCUT2D eigenvalue weighted by molar-refractivity contribution is 5.97. The number of esters is 1. The zero-order valence-electron chi connectivity index (χ0n) is 13.8. The van der Waals surface area contributed by atoms with Crippen molar-refractivity contribution in [1.82, 2.24) is 4.90 Å². The predicted molar refractivity (Wildman–Crippen MR) is 84.8 cm³/mol. The molecule has 0 bridgehead atoms. The zero-order chi connectivity index (χ0) is 16.8. The largest absolute Gasteiger partial charge is 0.497 e. The van der Waals surface area contributed by atoms with Crippen LogP contribution in [0.5, 0.6) is 11.5 Å². The topological polar surface area (TPSA) is 65.1 Å². The van der Waals surface area contributed by atoms with Crippen LogP contribution < -0.4 is 9.47 Å². The minimum Gasteiger partial charge on any atom is -0.497 e. The molecule has 0 aromatic heterocycles. The van der Waals surface area contributed by atoms with E-state index < -0.39 is 0 Å². The highest BCUT2D eigenvalue weighted by Gasteiger charge is 2.31. The molecular weight excluding hydrogens is 298 g/mol. The van der Waals surface area contributed by atoms with E-state index in [2.05, 4.69) is 0 Å². The summed E-state index contributed by atoms with van der Waals surface area (Å²) in [5.74, 6) is 0.434. The van der Waals surface area contributed by atoms with Gasteiger partial charge in [0.05, 0.1) is 32.3 Å². The number of likely N-dealkylation sites (tertiary alicyclic amines) is 1. The standard InChI is InChI=1S/C17H23NO5/c1-4-23-17(20)12-6-5-9-18(11-12)16(19)14-10-13(21-2)7-8-15(14)22-3/h7-8,10,12H,4-6,9,11H2,1-3H3/t12-/m0/s1. The number of rotatable bonds is 5. The molecule has 0 N–H and O–H groups in total. The lowest BCUT2D eigenvalue weighted by molar-refractivity contribution is -0.149. The first-order valence-corrected chi connectivity index (χ1v) is 7.78. The Morgan fingerprint density at radius 3 is 2.70 bits per heavy atom. The minimum atomic E-state index is -0.260. The van der Waals surface area contributed by atoms with Crippen molar-refractivity contribution in [3.05, 3.63) is 23.8 Å². The molecule has 1 saturated heterocycles. The highest BCUT2D eigenvalue weighted by atomic mass is 16.5. The van der Waals surface area contributed by atoms with E-state index in [-0.39, 0.29) is 17.8 Å². The highest BCUT2D eigenvalue weighted by Crippen LogP contribution is 2.27. The Morgan fingerprint density at radius 2 is 2.04 bits per heavy atom. The van der Waals surface area contributed by atoms with E-state index in [1.54, 1.807) is 37.1 Å². The van der Waals surface area contributed by atoms with Crippen LogP contribution in [0, 0.1) is 5.92 Å². The number of nitrogens with zero attached hydrogens (tertiary/aromatic N) is 1. The number of benzene rings is 1. The number of hydrogen-bond donors (Lipinski definition) is 0. The number of amides is 1. The summed E-state index contributed by atoms with van der Waals surface area (Å²) in [7, 11) is 3.07. The number of carbonyl (C=O) groups is 2. The number of ether oxygens (including phenoxy) is 3. The van der Waals surface area contributed by atoms with Crippen LogP contribution in [-0.2, 0) is 9.53 Å². The van der Waals surface area contributed by atoms with Gasteiger partial charge in [-0.1, -0.05) is 0 Å². The monoisotopic (exact) mass is 321 g/mol. The summed E-state index contributed by atoms with van der Waals surface area (Å²) in [6, 6.07) is 5.11. The van der Waals surface area contributed by atoms with Crippen LogP contribution >= 0.6 is 0 Å². The van der Waals surface area contributed by atoms with Crippen molar-refractivity contribution in [2.75, 3.05) is 33.9 Å². The van der Waals surface area contributed by atoms with Crippen LogP contribution in [-0.4, -0.2) is 50.7 Å². The Balaban J connectivity index is 2.17. The van der Waals surface area contributed by atoms with Crippen molar-refractivity contribution in [2.45, 2.75) is 19.8 Å². The van der Waals surface area contributed by atoms with E-state index >= 15 is 0 Å². The van der Waals surface area contributed by atoms with E-state index in [9.17, 15) is 9.59 Å². The van der Waals surface area contributed by atoms with Gasteiger partial charge in [-0.25, -0.2) is 0 Å². The Labute approximate surface area is 136 Å². The van der Waals surface area contributed by atoms with Gasteiger partial charge in [-0.3, -0.25) is 9.59 Å². The van der Waals surface area contributed by atoms with Gasteiger partial charge in [-0.2, -0.15) is 0 Å². The average molecular weight is 321 g/mol. The molecule has 6 heteroatoms. The molecular formula is C17H23NO5. The molecule has 1 aromatic rings. The van der Waals surface area contributed by atoms with Crippen molar-refractivity contribution in [3.63, 3.8) is 0 Å². The number of methoxy groups -OCH3 is 2. The van der Waals surface area contributed by atoms with Crippen molar-refractivity contribution >= 4 is 11.9 Å². The van der Waals surface area contributed by atoms with E-state index in [1.807, 2.05) is 0 Å². The molecule has 1 aliphatic heterocycles. The molecule has 0 radical (unpaired) electrons. The predicted octanol–water partition coefficient (Wildman–Crippen LogP) is 2.12. The van der Waals surface area contributed by atoms with Gasteiger partial charge < -0.3 is 19.1 Å². The molecule has 0 spiro atoms. The van der Waals surface area contributed by atoms with Gasteiger partial charge >= 0.3 is 5.97 Å². The fourth-order valence-electron chi connectivity index (χ4n) is 2.77. The summed E-state index contributed by atoms with van der Waals surface area (Å²) in [4.78, 5) is 26.4. The summed E-state index contributed by atoms with van der Waals surface area (Å²) in [5, 5.41) is 0. The lowest BCUT2D eigenvalue weighted by Gasteiger charge is -2.32. The third-order valence-electron chi connectivity index (χ3n) is 3.97. The SMILES string of the molecule is CCOC(=O)[C@H]1CCCN(C(=O)c2cc(OC)ccc2OC)C1. The van der Waals surface area contributed by atoms with Gasteiger partial charge in [-0.05, 0) is 38.0 Å². The van der Waals surface area contributed by atoms with E-state index in [1.165, 1.54) is 7.11 Å². The molecule has 0 aliphatic carbocycles. The molecule has 0 unspecified atom stereocenters. The smallest absolute Gasteiger partial charge is 0.310 e. The number of hydrogen-bond acceptors (Lipinski definition) is 5. The maximum Gasteiger partial charge on any atom is 0.310 e. The lowest BCUT2D eigenvalue weighted by Crippen LogP contribution is -2.42. The van der Waals surface area contributed by atoms with E-state index in [0.29, 0.717) is 36.8 Å². The fraction of sp³-hybridized carbons (Fsp3) is 0.529. The second-order valence-corrected chi connectivity index (χ2v) is 5.41. The third kappa shape index (κ3) is 3.94. The van der Waals surface area contributed by atoms with Gasteiger partial charge in [0.15, 0.2) is 0 Å². The molecule has 2 rings (SSSR count). The summed E-state index contributed by atoms with van der Waals surface area (Å²) < 4.78 is 15.5. The van der Waals surface area contributed by atoms with E-state index in [0.717, 1.165) is 12.8 Å². The van der Waals surface area contributed by atoms with Gasteiger partial charge in [-0.15, -0.1) is 0 Å². The Bertz CT molecular complexity index is 572. The molecule has 1 amide bonds. The second kappa shape index (κ2) is 7.85. The summed E-state index contributed by atoms with van der Waals surface area (Å²) in [6.45, 7) is 3.13. The fourth-order valence-corrected chi connectivity index (χ4v) is 2.77. The first-order chi connectivity index (χ1) is 11.1. The third-order valence-corrected chi connectivity index (χ3v) is 3.97. The van der Waals surface area contributed by atoms with Crippen molar-refractivity contribution in [1.29, 1.82) is 0 Å².